The molecule has 1 unspecified atom stereocenters. The van der Waals surface area contributed by atoms with E-state index in [4.69, 9.17) is 0 Å². The number of ketones is 1. The van der Waals surface area contributed by atoms with Crippen LogP contribution in [0.1, 0.15) is 11.1 Å². The number of carbonyl (C=O) groups is 1. The van der Waals surface area contributed by atoms with Gasteiger partial charge in [0.1, 0.15) is 0 Å². The van der Waals surface area contributed by atoms with E-state index in [0.717, 1.165) is 25.5 Å². The van der Waals surface area contributed by atoms with E-state index < -0.39 is 18.9 Å². The van der Waals surface area contributed by atoms with Gasteiger partial charge in [-0.15, -0.1) is 0 Å². The minimum Gasteiger partial charge on any atom is -0.292 e. The Kier molecular flexibility index (Phi) is 7.60. The summed E-state index contributed by atoms with van der Waals surface area (Å²) in [6.45, 7) is 0. The average Bonchev–Trinajstić information content (AvgIpc) is 2.60. The number of benzene rings is 2. The van der Waals surface area contributed by atoms with Crippen LogP contribution in [-0.2, 0) is 14.6 Å². The molecular formula is C18H13Br2IO3S. The third kappa shape index (κ3) is 6.47. The van der Waals surface area contributed by atoms with Crippen LogP contribution in [0.5, 0.6) is 0 Å². The maximum atomic E-state index is 12.3. The number of carbonyl (C=O) groups excluding carboxylic acids is 1. The first-order chi connectivity index (χ1) is 11.8. The van der Waals surface area contributed by atoms with Crippen LogP contribution in [0.25, 0.3) is 12.2 Å². The Morgan fingerprint density at radius 2 is 1.32 bits per heavy atom. The van der Waals surface area contributed by atoms with Crippen LogP contribution in [0, 0.1) is 0 Å². The Bertz CT molecular complexity index is 902. The number of halogens is 3. The highest BCUT2D eigenvalue weighted by Crippen LogP contribution is 2.18. The molecule has 2 aromatic rings. The summed E-state index contributed by atoms with van der Waals surface area (Å²) in [7, 11) is -3.69. The smallest absolute Gasteiger partial charge is 0.191 e. The molecule has 0 amide bonds. The highest BCUT2D eigenvalue weighted by atomic mass is 127. The van der Waals surface area contributed by atoms with Gasteiger partial charge in [0.05, 0.1) is 0 Å². The molecule has 130 valence electrons. The number of rotatable bonds is 6. The van der Waals surface area contributed by atoms with Gasteiger partial charge < -0.3 is 0 Å². The van der Waals surface area contributed by atoms with Gasteiger partial charge in [-0.2, -0.15) is 0 Å². The molecule has 25 heavy (non-hydrogen) atoms. The van der Waals surface area contributed by atoms with Crippen molar-refractivity contribution in [2.75, 3.05) is 0 Å². The zero-order valence-corrected chi connectivity index (χ0v) is 18.9. The van der Waals surface area contributed by atoms with E-state index in [9.17, 15) is 13.2 Å². The molecule has 0 aromatic heterocycles. The monoisotopic (exact) mass is 594 g/mol. The minimum absolute atomic E-state index is 0.469. The molecule has 0 spiro atoms. The maximum absolute atomic E-state index is 12.3. The normalized spacial score (nSPS) is 13.4. The van der Waals surface area contributed by atoms with E-state index in [0.29, 0.717) is 0 Å². The summed E-state index contributed by atoms with van der Waals surface area (Å²) in [5, 5.41) is 1.08. The fourth-order valence-electron chi connectivity index (χ4n) is 1.81. The molecule has 0 saturated carbocycles. The van der Waals surface area contributed by atoms with Crippen LogP contribution in [0.15, 0.2) is 69.0 Å². The Balaban J connectivity index is 2.08. The molecule has 0 bridgehead atoms. The molecule has 0 aliphatic heterocycles. The third-order valence-corrected chi connectivity index (χ3v) is 8.26. The molecule has 1 atom stereocenters. The summed E-state index contributed by atoms with van der Waals surface area (Å²) in [6, 6.07) is 14.6. The molecule has 0 heterocycles. The molecule has 0 radical (unpaired) electrons. The quantitative estimate of drug-likeness (QED) is 0.247. The molecule has 7 heteroatoms. The fraction of sp³-hybridized carbons (Fsp3) is 0.0556. The summed E-state index contributed by atoms with van der Waals surface area (Å²) >= 11 is 8.31. The number of sulfone groups is 1. The zero-order valence-electron chi connectivity index (χ0n) is 12.8. The molecule has 0 fully saturated rings. The first-order valence-corrected chi connectivity index (χ1v) is 11.5. The highest BCUT2D eigenvalue weighted by molar-refractivity contribution is 14.1. The Hall–Kier alpha value is -0.770. The molecule has 0 aliphatic carbocycles. The molecule has 2 rings (SSSR count). The summed E-state index contributed by atoms with van der Waals surface area (Å²) in [6.07, 6.45) is 4.39. The van der Waals surface area contributed by atoms with Gasteiger partial charge in [0, 0.05) is 14.4 Å². The lowest BCUT2D eigenvalue weighted by Crippen LogP contribution is -2.20. The van der Waals surface area contributed by atoms with Crippen LogP contribution in [-0.4, -0.2) is 17.5 Å². The van der Waals surface area contributed by atoms with Gasteiger partial charge in [0.15, 0.2) is 18.9 Å². The van der Waals surface area contributed by atoms with E-state index in [1.165, 1.54) is 12.2 Å². The number of alkyl halides is 1. The van der Waals surface area contributed by atoms with Crippen LogP contribution in [0.2, 0.25) is 0 Å². The molecule has 2 aromatic carbocycles. The molecule has 0 saturated heterocycles. The van der Waals surface area contributed by atoms with Crippen molar-refractivity contribution in [1.82, 2.24) is 0 Å². The van der Waals surface area contributed by atoms with Crippen molar-refractivity contribution in [3.05, 3.63) is 80.1 Å². The first kappa shape index (κ1) is 20.5. The van der Waals surface area contributed by atoms with Gasteiger partial charge in [-0.25, -0.2) is 8.42 Å². The number of allylic oxidation sites excluding steroid dienone is 1. The van der Waals surface area contributed by atoms with E-state index in [1.807, 2.05) is 36.4 Å². The molecule has 0 N–H and O–H groups in total. The van der Waals surface area contributed by atoms with E-state index in [-0.39, 0.29) is 0 Å². The first-order valence-electron chi connectivity index (χ1n) is 7.07. The lowest BCUT2D eigenvalue weighted by atomic mass is 10.2. The topological polar surface area (TPSA) is 51.2 Å². The van der Waals surface area contributed by atoms with E-state index in [1.54, 1.807) is 40.8 Å². The van der Waals surface area contributed by atoms with Crippen molar-refractivity contribution >= 4 is 82.2 Å². The van der Waals surface area contributed by atoms with Crippen LogP contribution in [0.4, 0.5) is 0 Å². The summed E-state index contributed by atoms with van der Waals surface area (Å²) in [5.41, 5.74) is 1.57. The Morgan fingerprint density at radius 1 is 0.880 bits per heavy atom. The van der Waals surface area contributed by atoms with Crippen molar-refractivity contribution < 1.29 is 13.2 Å². The largest absolute Gasteiger partial charge is 0.292 e. The SMILES string of the molecule is O=C(C=Cc1ccc(Br)cc1)C(I)S(=O)(=O)C=Cc1ccc(Br)cc1. The third-order valence-electron chi connectivity index (χ3n) is 3.14. The Labute approximate surface area is 177 Å². The average molecular weight is 596 g/mol. The van der Waals surface area contributed by atoms with Crippen molar-refractivity contribution in [3.8, 4) is 0 Å². The van der Waals surface area contributed by atoms with Gasteiger partial charge in [-0.1, -0.05) is 84.8 Å². The number of hydrogen-bond acceptors (Lipinski definition) is 3. The van der Waals surface area contributed by atoms with Gasteiger partial charge in [-0.3, -0.25) is 4.79 Å². The Morgan fingerprint density at radius 3 is 1.80 bits per heavy atom. The zero-order chi connectivity index (χ0) is 18.4. The van der Waals surface area contributed by atoms with Gasteiger partial charge in [0.2, 0.25) is 0 Å². The molecule has 0 aliphatic rings. The van der Waals surface area contributed by atoms with E-state index in [2.05, 4.69) is 31.9 Å². The standard InChI is InChI=1S/C18H13Br2IO3S/c19-15-6-1-13(2-7-15)5-10-17(22)18(21)25(23,24)12-11-14-3-8-16(20)9-4-14/h1-12,18H. The van der Waals surface area contributed by atoms with E-state index >= 15 is 0 Å². The molecule has 3 nitrogen and oxygen atoms in total. The van der Waals surface area contributed by atoms with Crippen molar-refractivity contribution in [3.63, 3.8) is 0 Å². The molecular weight excluding hydrogens is 583 g/mol. The number of hydrogen-bond donors (Lipinski definition) is 0. The van der Waals surface area contributed by atoms with Crippen LogP contribution in [0.3, 0.4) is 0 Å². The van der Waals surface area contributed by atoms with Crippen LogP contribution >= 0.6 is 54.5 Å². The second-order valence-corrected chi connectivity index (χ2v) is 10.9. The van der Waals surface area contributed by atoms with Crippen LogP contribution < -0.4 is 0 Å². The lowest BCUT2D eigenvalue weighted by molar-refractivity contribution is -0.112. The predicted octanol–water partition coefficient (Wildman–Crippen LogP) is 5.64. The summed E-state index contributed by atoms with van der Waals surface area (Å²) in [4.78, 5) is 12.2. The van der Waals surface area contributed by atoms with Crippen molar-refractivity contribution in [1.29, 1.82) is 0 Å². The fourth-order valence-corrected chi connectivity index (χ4v) is 3.94. The van der Waals surface area contributed by atoms with Gasteiger partial charge in [-0.05, 0) is 47.5 Å². The lowest BCUT2D eigenvalue weighted by Gasteiger charge is -2.04. The van der Waals surface area contributed by atoms with Gasteiger partial charge in [0.25, 0.3) is 0 Å². The second-order valence-electron chi connectivity index (χ2n) is 5.05. The second kappa shape index (κ2) is 9.25. The highest BCUT2D eigenvalue weighted by Gasteiger charge is 2.25. The summed E-state index contributed by atoms with van der Waals surface area (Å²) < 4.78 is 25.3. The van der Waals surface area contributed by atoms with Gasteiger partial charge >= 0.3 is 0 Å². The predicted molar refractivity (Wildman–Crippen MR) is 118 cm³/mol. The minimum atomic E-state index is -3.69. The maximum Gasteiger partial charge on any atom is 0.191 e. The van der Waals surface area contributed by atoms with Crippen molar-refractivity contribution in [2.45, 2.75) is 3.26 Å². The van der Waals surface area contributed by atoms with Crippen molar-refractivity contribution in [2.24, 2.45) is 0 Å². The summed E-state index contributed by atoms with van der Waals surface area (Å²) in [5.74, 6) is -0.469.